The predicted octanol–water partition coefficient (Wildman–Crippen LogP) is 4.00. The molecule has 0 radical (unpaired) electrons. The van der Waals surface area contributed by atoms with Crippen molar-refractivity contribution in [1.29, 1.82) is 0 Å². The fourth-order valence-corrected chi connectivity index (χ4v) is 3.64. The molecule has 0 atom stereocenters. The minimum Gasteiger partial charge on any atom is -0.493 e. The number of nitrogens with one attached hydrogen (secondary N) is 1. The number of fused-ring (bicyclic) bond motifs is 1. The Bertz CT molecular complexity index is 929. The van der Waals surface area contributed by atoms with Crippen molar-refractivity contribution in [3.05, 3.63) is 52.7 Å². The molecule has 26 heavy (non-hydrogen) atoms. The summed E-state index contributed by atoms with van der Waals surface area (Å²) in [6.45, 7) is 0.270. The number of halogens is 1. The van der Waals surface area contributed by atoms with Gasteiger partial charge in [-0.05, 0) is 35.9 Å². The average Bonchev–Trinajstić information content (AvgIpc) is 3.11. The maximum absolute atomic E-state index is 13.8. The third-order valence-corrected chi connectivity index (χ3v) is 5.01. The van der Waals surface area contributed by atoms with Crippen molar-refractivity contribution >= 4 is 27.3 Å². The number of benzene rings is 2. The zero-order chi connectivity index (χ0) is 18.7. The fraction of sp³-hybridized carbons (Fsp3) is 0.211. The van der Waals surface area contributed by atoms with E-state index in [2.05, 4.69) is 5.32 Å². The quantitative estimate of drug-likeness (QED) is 0.708. The summed E-state index contributed by atoms with van der Waals surface area (Å²) in [5, 5.41) is 3.29. The largest absolute Gasteiger partial charge is 0.493 e. The van der Waals surface area contributed by atoms with E-state index in [-0.39, 0.29) is 18.3 Å². The van der Waals surface area contributed by atoms with Crippen molar-refractivity contribution in [3.8, 4) is 17.2 Å². The van der Waals surface area contributed by atoms with Crippen LogP contribution in [-0.2, 0) is 6.54 Å². The Hall–Kier alpha value is -2.80. The summed E-state index contributed by atoms with van der Waals surface area (Å²) in [7, 11) is 4.60. The molecule has 0 aliphatic rings. The van der Waals surface area contributed by atoms with Gasteiger partial charge in [0.1, 0.15) is 5.82 Å². The van der Waals surface area contributed by atoms with E-state index in [1.54, 1.807) is 30.3 Å². The molecule has 2 aromatic carbocycles. The maximum atomic E-state index is 13.8. The highest BCUT2D eigenvalue weighted by atomic mass is 32.1. The Labute approximate surface area is 154 Å². The first-order valence-electron chi connectivity index (χ1n) is 7.82. The topological polar surface area (TPSA) is 56.8 Å². The van der Waals surface area contributed by atoms with E-state index in [0.717, 1.165) is 10.3 Å². The Morgan fingerprint density at radius 3 is 2.35 bits per heavy atom. The van der Waals surface area contributed by atoms with E-state index in [4.69, 9.17) is 14.2 Å². The van der Waals surface area contributed by atoms with Crippen LogP contribution in [0, 0.1) is 5.82 Å². The normalized spacial score (nSPS) is 10.6. The van der Waals surface area contributed by atoms with Crippen LogP contribution in [-0.4, -0.2) is 27.2 Å². The molecule has 0 saturated carbocycles. The van der Waals surface area contributed by atoms with E-state index in [1.165, 1.54) is 38.7 Å². The van der Waals surface area contributed by atoms with E-state index in [1.807, 2.05) is 0 Å². The van der Waals surface area contributed by atoms with Gasteiger partial charge in [-0.2, -0.15) is 0 Å². The number of methoxy groups -OCH3 is 3. The maximum Gasteiger partial charge on any atom is 0.261 e. The number of amides is 1. The molecule has 0 aliphatic carbocycles. The molecule has 7 heteroatoms. The molecule has 0 fully saturated rings. The number of carbonyl (C=O) groups is 1. The molecule has 3 aromatic rings. The molecule has 0 bridgehead atoms. The number of carbonyl (C=O) groups excluding carboxylic acids is 1. The lowest BCUT2D eigenvalue weighted by atomic mass is 10.1. The lowest BCUT2D eigenvalue weighted by molar-refractivity contribution is 0.0955. The van der Waals surface area contributed by atoms with Crippen molar-refractivity contribution in [2.45, 2.75) is 6.54 Å². The molecule has 136 valence electrons. The second-order valence-corrected chi connectivity index (χ2v) is 6.56. The Balaban J connectivity index is 1.79. The predicted molar refractivity (Wildman–Crippen MR) is 99.1 cm³/mol. The molecule has 0 spiro atoms. The minimum atomic E-state index is -0.331. The Morgan fingerprint density at radius 2 is 1.77 bits per heavy atom. The standard InChI is InChI=1S/C19H18FNO4S/c1-23-14-7-11(8-15(24-2)18(14)25-3)10-21-19(22)17-9-12-13(20)5-4-6-16(12)26-17/h4-9H,10H2,1-3H3,(H,21,22). The van der Waals surface area contributed by atoms with Crippen LogP contribution >= 0.6 is 11.3 Å². The first-order chi connectivity index (χ1) is 12.6. The highest BCUT2D eigenvalue weighted by Crippen LogP contribution is 2.38. The molecule has 5 nitrogen and oxygen atoms in total. The van der Waals surface area contributed by atoms with Gasteiger partial charge in [0, 0.05) is 16.6 Å². The summed E-state index contributed by atoms with van der Waals surface area (Å²) in [6.07, 6.45) is 0. The van der Waals surface area contributed by atoms with Gasteiger partial charge >= 0.3 is 0 Å². The monoisotopic (exact) mass is 375 g/mol. The van der Waals surface area contributed by atoms with Crippen LogP contribution in [0.1, 0.15) is 15.2 Å². The number of hydrogen-bond acceptors (Lipinski definition) is 5. The SMILES string of the molecule is COc1cc(CNC(=O)c2cc3c(F)cccc3s2)cc(OC)c1OC. The Kier molecular flexibility index (Phi) is 5.27. The molecule has 0 unspecified atom stereocenters. The summed E-state index contributed by atoms with van der Waals surface area (Å²) in [4.78, 5) is 12.9. The van der Waals surface area contributed by atoms with E-state index < -0.39 is 0 Å². The number of ether oxygens (including phenoxy) is 3. The number of thiophene rings is 1. The number of hydrogen-bond donors (Lipinski definition) is 1. The Morgan fingerprint density at radius 1 is 1.08 bits per heavy atom. The molecule has 0 aliphatic heterocycles. The van der Waals surface area contributed by atoms with Crippen molar-refractivity contribution in [3.63, 3.8) is 0 Å². The third kappa shape index (κ3) is 3.43. The second-order valence-electron chi connectivity index (χ2n) is 5.48. The molecule has 1 heterocycles. The van der Waals surface area contributed by atoms with Gasteiger partial charge in [-0.25, -0.2) is 4.39 Å². The smallest absolute Gasteiger partial charge is 0.261 e. The summed E-state index contributed by atoms with van der Waals surface area (Å²) in [6, 6.07) is 9.91. The van der Waals surface area contributed by atoms with Crippen LogP contribution in [0.5, 0.6) is 17.2 Å². The second kappa shape index (κ2) is 7.61. The van der Waals surface area contributed by atoms with Crippen molar-refractivity contribution in [2.24, 2.45) is 0 Å². The van der Waals surface area contributed by atoms with Crippen LogP contribution in [0.2, 0.25) is 0 Å². The van der Waals surface area contributed by atoms with Crippen LogP contribution in [0.25, 0.3) is 10.1 Å². The third-order valence-electron chi connectivity index (χ3n) is 3.91. The molecule has 1 aromatic heterocycles. The molecular weight excluding hydrogens is 357 g/mol. The first kappa shape index (κ1) is 18.0. The molecule has 3 rings (SSSR count). The minimum absolute atomic E-state index is 0.264. The summed E-state index contributed by atoms with van der Waals surface area (Å²) >= 11 is 1.25. The first-order valence-corrected chi connectivity index (χ1v) is 8.64. The molecule has 1 amide bonds. The van der Waals surface area contributed by atoms with Crippen LogP contribution in [0.4, 0.5) is 4.39 Å². The van der Waals surface area contributed by atoms with Gasteiger partial charge in [0.25, 0.3) is 5.91 Å². The van der Waals surface area contributed by atoms with Gasteiger partial charge in [0.2, 0.25) is 5.75 Å². The molecule has 1 N–H and O–H groups in total. The van der Waals surface area contributed by atoms with Gasteiger partial charge in [-0.1, -0.05) is 6.07 Å². The summed E-state index contributed by atoms with van der Waals surface area (Å²) < 4.78 is 30.4. The zero-order valence-corrected chi connectivity index (χ0v) is 15.4. The molecule has 0 saturated heterocycles. The van der Waals surface area contributed by atoms with Gasteiger partial charge in [0.05, 0.1) is 26.2 Å². The summed E-state index contributed by atoms with van der Waals surface area (Å²) in [5.74, 6) is 0.923. The van der Waals surface area contributed by atoms with Crippen LogP contribution in [0.3, 0.4) is 0 Å². The van der Waals surface area contributed by atoms with Crippen molar-refractivity contribution in [1.82, 2.24) is 5.32 Å². The number of rotatable bonds is 6. The highest BCUT2D eigenvalue weighted by molar-refractivity contribution is 7.20. The zero-order valence-electron chi connectivity index (χ0n) is 14.6. The van der Waals surface area contributed by atoms with Gasteiger partial charge in [-0.15, -0.1) is 11.3 Å². The van der Waals surface area contributed by atoms with E-state index >= 15 is 0 Å². The van der Waals surface area contributed by atoms with Gasteiger partial charge < -0.3 is 19.5 Å². The lowest BCUT2D eigenvalue weighted by Crippen LogP contribution is -2.21. The average molecular weight is 375 g/mol. The molecular formula is C19H18FNO4S. The fourth-order valence-electron chi connectivity index (χ4n) is 2.64. The van der Waals surface area contributed by atoms with E-state index in [9.17, 15) is 9.18 Å². The summed E-state index contributed by atoms with van der Waals surface area (Å²) in [5.41, 5.74) is 0.792. The van der Waals surface area contributed by atoms with Crippen molar-refractivity contribution in [2.75, 3.05) is 21.3 Å². The van der Waals surface area contributed by atoms with E-state index in [0.29, 0.717) is 27.5 Å². The lowest BCUT2D eigenvalue weighted by Gasteiger charge is -2.14. The van der Waals surface area contributed by atoms with Crippen LogP contribution in [0.15, 0.2) is 36.4 Å². The van der Waals surface area contributed by atoms with Gasteiger partial charge in [0.15, 0.2) is 11.5 Å². The highest BCUT2D eigenvalue weighted by Gasteiger charge is 2.15. The van der Waals surface area contributed by atoms with Crippen LogP contribution < -0.4 is 19.5 Å². The van der Waals surface area contributed by atoms with Crippen molar-refractivity contribution < 1.29 is 23.4 Å². The van der Waals surface area contributed by atoms with Gasteiger partial charge in [-0.3, -0.25) is 4.79 Å².